The maximum absolute atomic E-state index is 5.53. The van der Waals surface area contributed by atoms with E-state index in [2.05, 4.69) is 73.0 Å². The standard InChI is InChI=1S/C21H27N3S/c1-16-8-9-17(2)20(14-16)23-21(25)22-19-10-12-24(13-11-19)15-18-6-4-3-5-7-18/h3-9,14,19H,10-13,15H2,1-2H3,(H2,22,23,25)/p+1. The maximum Gasteiger partial charge on any atom is 0.171 e. The first-order chi connectivity index (χ1) is 12.1. The van der Waals surface area contributed by atoms with E-state index in [0.717, 1.165) is 30.2 Å². The van der Waals surface area contributed by atoms with E-state index in [-0.39, 0.29) is 0 Å². The van der Waals surface area contributed by atoms with Crippen LogP contribution >= 0.6 is 12.2 Å². The summed E-state index contributed by atoms with van der Waals surface area (Å²) >= 11 is 5.53. The quantitative estimate of drug-likeness (QED) is 0.738. The molecule has 0 radical (unpaired) electrons. The highest BCUT2D eigenvalue weighted by atomic mass is 32.1. The van der Waals surface area contributed by atoms with Crippen LogP contribution < -0.4 is 15.5 Å². The van der Waals surface area contributed by atoms with Crippen molar-refractivity contribution in [2.75, 3.05) is 18.4 Å². The van der Waals surface area contributed by atoms with E-state index in [1.165, 1.54) is 29.8 Å². The summed E-state index contributed by atoms with van der Waals surface area (Å²) in [5, 5.41) is 7.61. The van der Waals surface area contributed by atoms with Crippen molar-refractivity contribution in [3.05, 3.63) is 65.2 Å². The van der Waals surface area contributed by atoms with Gasteiger partial charge in [-0.25, -0.2) is 0 Å². The van der Waals surface area contributed by atoms with E-state index in [1.54, 1.807) is 4.90 Å². The Balaban J connectivity index is 1.45. The summed E-state index contributed by atoms with van der Waals surface area (Å²) in [6.45, 7) is 7.72. The molecule has 1 heterocycles. The van der Waals surface area contributed by atoms with Gasteiger partial charge in [0.1, 0.15) is 6.54 Å². The van der Waals surface area contributed by atoms with Crippen molar-refractivity contribution in [1.29, 1.82) is 0 Å². The molecule has 1 saturated heterocycles. The number of hydrogen-bond donors (Lipinski definition) is 3. The number of hydrogen-bond acceptors (Lipinski definition) is 1. The van der Waals surface area contributed by atoms with Crippen LogP contribution in [0.1, 0.15) is 29.5 Å². The van der Waals surface area contributed by atoms with Crippen LogP contribution in [-0.2, 0) is 6.54 Å². The number of thiocarbonyl (C=S) groups is 1. The molecular formula is C21H28N3S+. The third kappa shape index (κ3) is 5.28. The minimum atomic E-state index is 0.477. The zero-order valence-corrected chi connectivity index (χ0v) is 16.0. The molecular weight excluding hydrogens is 326 g/mol. The molecule has 0 amide bonds. The molecule has 2 aromatic rings. The normalized spacial score (nSPS) is 20.1. The highest BCUT2D eigenvalue weighted by molar-refractivity contribution is 7.80. The smallest absolute Gasteiger partial charge is 0.171 e. The number of rotatable bonds is 4. The van der Waals surface area contributed by atoms with E-state index >= 15 is 0 Å². The molecule has 0 spiro atoms. The Kier molecular flexibility index (Phi) is 6.05. The van der Waals surface area contributed by atoms with Gasteiger partial charge >= 0.3 is 0 Å². The van der Waals surface area contributed by atoms with Crippen LogP contribution in [0, 0.1) is 13.8 Å². The summed E-state index contributed by atoms with van der Waals surface area (Å²) in [6, 6.07) is 17.7. The average Bonchev–Trinajstić information content (AvgIpc) is 2.61. The molecule has 3 rings (SSSR count). The number of likely N-dealkylation sites (tertiary alicyclic amines) is 1. The van der Waals surface area contributed by atoms with Crippen molar-refractivity contribution in [3.8, 4) is 0 Å². The van der Waals surface area contributed by atoms with Crippen LogP contribution in [0.5, 0.6) is 0 Å². The first-order valence-electron chi connectivity index (χ1n) is 9.12. The van der Waals surface area contributed by atoms with Gasteiger partial charge in [-0.05, 0) is 43.3 Å². The Bertz CT molecular complexity index is 706. The largest absolute Gasteiger partial charge is 0.359 e. The van der Waals surface area contributed by atoms with Crippen LogP contribution in [0.4, 0.5) is 5.69 Å². The first kappa shape index (κ1) is 17.9. The van der Waals surface area contributed by atoms with E-state index in [0.29, 0.717) is 6.04 Å². The Labute approximate surface area is 156 Å². The van der Waals surface area contributed by atoms with Crippen LogP contribution in [0.2, 0.25) is 0 Å². The summed E-state index contributed by atoms with van der Waals surface area (Å²) in [6.07, 6.45) is 2.33. The fourth-order valence-electron chi connectivity index (χ4n) is 3.45. The summed E-state index contributed by atoms with van der Waals surface area (Å²) in [5.41, 5.74) is 4.99. The van der Waals surface area contributed by atoms with Gasteiger partial charge in [-0.2, -0.15) is 0 Å². The van der Waals surface area contributed by atoms with Gasteiger partial charge in [0.25, 0.3) is 0 Å². The fourth-order valence-corrected chi connectivity index (χ4v) is 3.72. The number of piperidine rings is 1. The molecule has 0 aliphatic carbocycles. The second-order valence-corrected chi connectivity index (χ2v) is 7.51. The van der Waals surface area contributed by atoms with Crippen molar-refractivity contribution < 1.29 is 4.90 Å². The van der Waals surface area contributed by atoms with Crippen LogP contribution in [-0.4, -0.2) is 24.2 Å². The molecule has 3 nitrogen and oxygen atoms in total. The topological polar surface area (TPSA) is 28.5 Å². The van der Waals surface area contributed by atoms with Gasteiger partial charge < -0.3 is 15.5 Å². The number of anilines is 1. The summed E-state index contributed by atoms with van der Waals surface area (Å²) < 4.78 is 0. The lowest BCUT2D eigenvalue weighted by Gasteiger charge is -2.30. The molecule has 4 heteroatoms. The van der Waals surface area contributed by atoms with E-state index in [9.17, 15) is 0 Å². The Morgan fingerprint density at radius 1 is 1.08 bits per heavy atom. The van der Waals surface area contributed by atoms with Gasteiger partial charge in [0.15, 0.2) is 5.11 Å². The van der Waals surface area contributed by atoms with E-state index in [1.807, 2.05) is 0 Å². The molecule has 0 bridgehead atoms. The van der Waals surface area contributed by atoms with Crippen LogP contribution in [0.3, 0.4) is 0 Å². The predicted molar refractivity (Wildman–Crippen MR) is 109 cm³/mol. The second-order valence-electron chi connectivity index (χ2n) is 7.10. The van der Waals surface area contributed by atoms with Gasteiger partial charge in [0.05, 0.1) is 13.1 Å². The molecule has 132 valence electrons. The van der Waals surface area contributed by atoms with Crippen molar-refractivity contribution in [3.63, 3.8) is 0 Å². The zero-order chi connectivity index (χ0) is 17.6. The van der Waals surface area contributed by atoms with Gasteiger partial charge in [-0.1, -0.05) is 42.5 Å². The molecule has 2 aromatic carbocycles. The molecule has 0 saturated carbocycles. The van der Waals surface area contributed by atoms with Crippen LogP contribution in [0.25, 0.3) is 0 Å². The minimum absolute atomic E-state index is 0.477. The van der Waals surface area contributed by atoms with Crippen molar-refractivity contribution in [1.82, 2.24) is 5.32 Å². The van der Waals surface area contributed by atoms with Gasteiger partial charge in [0, 0.05) is 30.1 Å². The summed E-state index contributed by atoms with van der Waals surface area (Å²) in [7, 11) is 0. The molecule has 1 aliphatic heterocycles. The van der Waals surface area contributed by atoms with Gasteiger partial charge in [0.2, 0.25) is 0 Å². The highest BCUT2D eigenvalue weighted by Gasteiger charge is 2.22. The number of aryl methyl sites for hydroxylation is 2. The highest BCUT2D eigenvalue weighted by Crippen LogP contribution is 2.16. The van der Waals surface area contributed by atoms with Crippen molar-refractivity contribution in [2.45, 2.75) is 39.3 Å². The number of benzene rings is 2. The van der Waals surface area contributed by atoms with Crippen LogP contribution in [0.15, 0.2) is 48.5 Å². The minimum Gasteiger partial charge on any atom is -0.359 e. The lowest BCUT2D eigenvalue weighted by atomic mass is 10.0. The van der Waals surface area contributed by atoms with E-state index in [4.69, 9.17) is 12.2 Å². The fraction of sp³-hybridized carbons (Fsp3) is 0.381. The Hall–Kier alpha value is -1.91. The molecule has 0 aromatic heterocycles. The Morgan fingerprint density at radius 3 is 2.52 bits per heavy atom. The third-order valence-electron chi connectivity index (χ3n) is 4.97. The molecule has 0 unspecified atom stereocenters. The third-order valence-corrected chi connectivity index (χ3v) is 5.19. The van der Waals surface area contributed by atoms with Gasteiger partial charge in [-0.15, -0.1) is 0 Å². The molecule has 1 aliphatic rings. The summed E-state index contributed by atoms with van der Waals surface area (Å²) in [5.74, 6) is 0. The lowest BCUT2D eigenvalue weighted by Crippen LogP contribution is -3.12. The Morgan fingerprint density at radius 2 is 1.80 bits per heavy atom. The second kappa shape index (κ2) is 8.45. The average molecular weight is 355 g/mol. The van der Waals surface area contributed by atoms with Gasteiger partial charge in [-0.3, -0.25) is 0 Å². The molecule has 25 heavy (non-hydrogen) atoms. The summed E-state index contributed by atoms with van der Waals surface area (Å²) in [4.78, 5) is 1.66. The molecule has 3 N–H and O–H groups in total. The van der Waals surface area contributed by atoms with Crippen molar-refractivity contribution >= 4 is 23.0 Å². The number of nitrogens with one attached hydrogen (secondary N) is 3. The lowest BCUT2D eigenvalue weighted by molar-refractivity contribution is -0.918. The van der Waals surface area contributed by atoms with Crippen molar-refractivity contribution in [2.24, 2.45) is 0 Å². The molecule has 0 atom stereocenters. The number of quaternary nitrogens is 1. The first-order valence-corrected chi connectivity index (χ1v) is 9.53. The molecule has 1 fully saturated rings. The zero-order valence-electron chi connectivity index (χ0n) is 15.1. The van der Waals surface area contributed by atoms with E-state index < -0.39 is 0 Å². The predicted octanol–water partition coefficient (Wildman–Crippen LogP) is 2.84. The maximum atomic E-state index is 5.53. The SMILES string of the molecule is Cc1ccc(C)c(NC(=S)NC2CC[NH+](Cc3ccccc3)CC2)c1. The monoisotopic (exact) mass is 354 g/mol.